The van der Waals surface area contributed by atoms with Crippen LogP contribution in [-0.2, 0) is 10.0 Å². The van der Waals surface area contributed by atoms with Crippen molar-refractivity contribution >= 4 is 33.0 Å². The lowest BCUT2D eigenvalue weighted by molar-refractivity contribution is 0.344. The largest absolute Gasteiger partial charge is 0.340 e. The molecular weight excluding hydrogens is 484 g/mol. The number of hydrogen-bond acceptors (Lipinski definition) is 7. The number of pyridine rings is 2. The third kappa shape index (κ3) is 6.71. The Bertz CT molecular complexity index is 1420. The van der Waals surface area contributed by atoms with E-state index in [4.69, 9.17) is 0 Å². The topological polar surface area (TPSA) is 99.3 Å². The normalized spacial score (nSPS) is 13.9. The summed E-state index contributed by atoms with van der Waals surface area (Å²) in [7, 11) is -3.54. The number of benzene rings is 2. The predicted octanol–water partition coefficient (Wildman–Crippen LogP) is 5.00. The second-order valence-corrected chi connectivity index (χ2v) is 10.7. The zero-order valence-corrected chi connectivity index (χ0v) is 21.3. The van der Waals surface area contributed by atoms with Gasteiger partial charge < -0.3 is 15.5 Å². The highest BCUT2D eigenvalue weighted by molar-refractivity contribution is 7.89. The standard InChI is InChI=1S/C28H30N6O2S/c35-37(36,31-16-19-34-17-4-5-18-34)26-10-8-25(9-11-26)33-28-21-23(13-15-30-28)22-12-14-29-27(20-22)32-24-6-2-1-3-7-24/h1-3,6-15,20-21,31H,4-5,16-19H2,(H,29,32)(H,30,33). The molecule has 0 bridgehead atoms. The molecule has 0 unspecified atom stereocenters. The molecular formula is C28H30N6O2S. The molecule has 190 valence electrons. The number of para-hydroxylation sites is 1. The molecule has 8 nitrogen and oxygen atoms in total. The number of nitrogens with one attached hydrogen (secondary N) is 3. The van der Waals surface area contributed by atoms with Crippen molar-refractivity contribution in [2.75, 3.05) is 36.8 Å². The van der Waals surface area contributed by atoms with Crippen molar-refractivity contribution in [2.24, 2.45) is 0 Å². The maximum absolute atomic E-state index is 12.6. The molecule has 0 saturated carbocycles. The van der Waals surface area contributed by atoms with Gasteiger partial charge in [-0.05, 0) is 97.7 Å². The lowest BCUT2D eigenvalue weighted by Gasteiger charge is -2.15. The Morgan fingerprint density at radius 3 is 1.89 bits per heavy atom. The zero-order valence-electron chi connectivity index (χ0n) is 20.5. The minimum Gasteiger partial charge on any atom is -0.340 e. The average Bonchev–Trinajstić information content (AvgIpc) is 3.43. The molecule has 2 aromatic carbocycles. The van der Waals surface area contributed by atoms with Crippen LogP contribution in [0.3, 0.4) is 0 Å². The Balaban J connectivity index is 1.23. The van der Waals surface area contributed by atoms with Gasteiger partial charge in [0.25, 0.3) is 0 Å². The number of nitrogens with zero attached hydrogens (tertiary/aromatic N) is 3. The summed E-state index contributed by atoms with van der Waals surface area (Å²) < 4.78 is 28.0. The highest BCUT2D eigenvalue weighted by atomic mass is 32.2. The summed E-state index contributed by atoms with van der Waals surface area (Å²) in [5, 5.41) is 6.58. The molecule has 1 fully saturated rings. The monoisotopic (exact) mass is 514 g/mol. The summed E-state index contributed by atoms with van der Waals surface area (Å²) in [6.45, 7) is 3.24. The van der Waals surface area contributed by atoms with Crippen molar-refractivity contribution in [3.8, 4) is 11.1 Å². The molecule has 37 heavy (non-hydrogen) atoms. The SMILES string of the molecule is O=S(=O)(NCCN1CCCC1)c1ccc(Nc2cc(-c3ccnc(Nc4ccccc4)c3)ccn2)cc1. The van der Waals surface area contributed by atoms with E-state index >= 15 is 0 Å². The maximum atomic E-state index is 12.6. The van der Waals surface area contributed by atoms with Crippen LogP contribution in [0.5, 0.6) is 0 Å². The fourth-order valence-corrected chi connectivity index (χ4v) is 5.34. The van der Waals surface area contributed by atoms with Crippen LogP contribution >= 0.6 is 0 Å². The Kier molecular flexibility index (Phi) is 7.74. The van der Waals surface area contributed by atoms with Gasteiger partial charge in [-0.25, -0.2) is 23.1 Å². The Hall–Kier alpha value is -3.79. The van der Waals surface area contributed by atoms with E-state index < -0.39 is 10.0 Å². The molecule has 1 saturated heterocycles. The second kappa shape index (κ2) is 11.5. The predicted molar refractivity (Wildman–Crippen MR) is 148 cm³/mol. The van der Waals surface area contributed by atoms with Crippen molar-refractivity contribution < 1.29 is 8.42 Å². The van der Waals surface area contributed by atoms with Crippen LogP contribution in [-0.4, -0.2) is 49.5 Å². The summed E-state index contributed by atoms with van der Waals surface area (Å²) in [4.78, 5) is 11.4. The fourth-order valence-electron chi connectivity index (χ4n) is 4.32. The number of rotatable bonds is 10. The first-order chi connectivity index (χ1) is 18.0. The maximum Gasteiger partial charge on any atom is 0.240 e. The fraction of sp³-hybridized carbons (Fsp3) is 0.214. The van der Waals surface area contributed by atoms with Gasteiger partial charge in [-0.2, -0.15) is 0 Å². The zero-order chi connectivity index (χ0) is 25.5. The van der Waals surface area contributed by atoms with Gasteiger partial charge >= 0.3 is 0 Å². The molecule has 0 spiro atoms. The van der Waals surface area contributed by atoms with Crippen molar-refractivity contribution in [3.05, 3.63) is 91.3 Å². The molecule has 3 heterocycles. The van der Waals surface area contributed by atoms with E-state index in [0.717, 1.165) is 48.0 Å². The van der Waals surface area contributed by atoms with Crippen LogP contribution in [0, 0.1) is 0 Å². The second-order valence-electron chi connectivity index (χ2n) is 8.95. The van der Waals surface area contributed by atoms with E-state index in [9.17, 15) is 8.42 Å². The lowest BCUT2D eigenvalue weighted by Crippen LogP contribution is -2.33. The molecule has 4 aromatic rings. The van der Waals surface area contributed by atoms with Gasteiger partial charge in [-0.1, -0.05) is 18.2 Å². The molecule has 0 atom stereocenters. The van der Waals surface area contributed by atoms with Crippen LogP contribution in [0.25, 0.3) is 11.1 Å². The van der Waals surface area contributed by atoms with E-state index in [0.29, 0.717) is 12.4 Å². The number of hydrogen-bond donors (Lipinski definition) is 3. The highest BCUT2D eigenvalue weighted by Gasteiger charge is 2.16. The van der Waals surface area contributed by atoms with E-state index in [1.165, 1.54) is 12.8 Å². The number of aromatic nitrogens is 2. The molecule has 2 aromatic heterocycles. The van der Waals surface area contributed by atoms with E-state index in [1.54, 1.807) is 36.7 Å². The molecule has 3 N–H and O–H groups in total. The first-order valence-electron chi connectivity index (χ1n) is 12.4. The lowest BCUT2D eigenvalue weighted by atomic mass is 10.1. The Morgan fingerprint density at radius 2 is 1.30 bits per heavy atom. The van der Waals surface area contributed by atoms with Crippen LogP contribution in [0.1, 0.15) is 12.8 Å². The summed E-state index contributed by atoms with van der Waals surface area (Å²) in [5.41, 5.74) is 3.70. The number of anilines is 4. The molecule has 0 amide bonds. The van der Waals surface area contributed by atoms with E-state index in [1.807, 2.05) is 54.6 Å². The molecule has 1 aliphatic heterocycles. The summed E-state index contributed by atoms with van der Waals surface area (Å²) >= 11 is 0. The Morgan fingerprint density at radius 1 is 0.730 bits per heavy atom. The van der Waals surface area contributed by atoms with Crippen molar-refractivity contribution in [1.29, 1.82) is 0 Å². The summed E-state index contributed by atoms with van der Waals surface area (Å²) in [6, 6.07) is 24.4. The minimum atomic E-state index is -3.54. The van der Waals surface area contributed by atoms with Gasteiger partial charge in [0.05, 0.1) is 4.90 Å². The first kappa shape index (κ1) is 24.9. The van der Waals surface area contributed by atoms with Crippen LogP contribution in [0.15, 0.2) is 96.2 Å². The van der Waals surface area contributed by atoms with Gasteiger partial charge in [-0.15, -0.1) is 0 Å². The van der Waals surface area contributed by atoms with Crippen molar-refractivity contribution in [1.82, 2.24) is 19.6 Å². The van der Waals surface area contributed by atoms with Gasteiger partial charge in [0.2, 0.25) is 10.0 Å². The number of sulfonamides is 1. The molecule has 1 aliphatic rings. The Labute approximate surface area is 217 Å². The summed E-state index contributed by atoms with van der Waals surface area (Å²) in [6.07, 6.45) is 5.89. The smallest absolute Gasteiger partial charge is 0.240 e. The van der Waals surface area contributed by atoms with Crippen LogP contribution in [0.2, 0.25) is 0 Å². The third-order valence-corrected chi connectivity index (χ3v) is 7.73. The van der Waals surface area contributed by atoms with Gasteiger partial charge in [0, 0.05) is 36.9 Å². The quantitative estimate of drug-likeness (QED) is 0.274. The first-order valence-corrected chi connectivity index (χ1v) is 13.9. The summed E-state index contributed by atoms with van der Waals surface area (Å²) in [5.74, 6) is 1.41. The van der Waals surface area contributed by atoms with E-state index in [2.05, 4.69) is 30.2 Å². The van der Waals surface area contributed by atoms with Gasteiger partial charge in [0.15, 0.2) is 0 Å². The van der Waals surface area contributed by atoms with Gasteiger partial charge in [-0.3, -0.25) is 0 Å². The number of likely N-dealkylation sites (tertiary alicyclic amines) is 1. The average molecular weight is 515 g/mol. The minimum absolute atomic E-state index is 0.247. The highest BCUT2D eigenvalue weighted by Crippen LogP contribution is 2.26. The van der Waals surface area contributed by atoms with Crippen LogP contribution < -0.4 is 15.4 Å². The third-order valence-electron chi connectivity index (χ3n) is 6.26. The molecule has 9 heteroatoms. The molecule has 0 radical (unpaired) electrons. The van der Waals surface area contributed by atoms with Crippen LogP contribution in [0.4, 0.5) is 23.0 Å². The van der Waals surface area contributed by atoms with Crippen molar-refractivity contribution in [2.45, 2.75) is 17.7 Å². The van der Waals surface area contributed by atoms with E-state index in [-0.39, 0.29) is 4.90 Å². The molecule has 0 aliphatic carbocycles. The van der Waals surface area contributed by atoms with Crippen molar-refractivity contribution in [3.63, 3.8) is 0 Å². The van der Waals surface area contributed by atoms with Gasteiger partial charge in [0.1, 0.15) is 11.6 Å². The molecule has 5 rings (SSSR count).